The van der Waals surface area contributed by atoms with Crippen molar-refractivity contribution in [1.29, 1.82) is 0 Å². The molecule has 0 amide bonds. The number of aromatic carboxylic acids is 1. The highest BCUT2D eigenvalue weighted by Crippen LogP contribution is 2.28. The lowest BCUT2D eigenvalue weighted by Gasteiger charge is -2.03. The molecule has 0 aliphatic rings. The first-order valence-corrected chi connectivity index (χ1v) is 4.99. The van der Waals surface area contributed by atoms with Gasteiger partial charge < -0.3 is 9.52 Å². The molecule has 1 aromatic rings. The lowest BCUT2D eigenvalue weighted by Crippen LogP contribution is -1.99. The smallest absolute Gasteiger partial charge is 0.374 e. The Hall–Kier alpha value is -1.46. The van der Waals surface area contributed by atoms with Crippen LogP contribution in [0.15, 0.2) is 4.42 Å². The number of carboxylic acid groups (broad SMARTS) is 1. The lowest BCUT2D eigenvalue weighted by atomic mass is 10.1. The zero-order valence-corrected chi connectivity index (χ0v) is 9.04. The fourth-order valence-corrected chi connectivity index (χ4v) is 1.42. The summed E-state index contributed by atoms with van der Waals surface area (Å²) in [5, 5.41) is 8.67. The van der Waals surface area contributed by atoms with E-state index in [1.54, 1.807) is 6.92 Å². The molecule has 1 rings (SSSR count). The van der Waals surface area contributed by atoms with Crippen LogP contribution in [0.3, 0.4) is 0 Å². The molecule has 1 heterocycles. The van der Waals surface area contributed by atoms with E-state index in [1.807, 2.05) is 6.92 Å². The van der Waals surface area contributed by atoms with E-state index >= 15 is 0 Å². The molecular formula is C10H13F2NO3. The van der Waals surface area contributed by atoms with Crippen LogP contribution in [0.5, 0.6) is 0 Å². The van der Waals surface area contributed by atoms with Crippen LogP contribution in [0.4, 0.5) is 8.78 Å². The fourth-order valence-electron chi connectivity index (χ4n) is 1.42. The molecule has 90 valence electrons. The third kappa shape index (κ3) is 2.56. The Morgan fingerprint density at radius 2 is 2.19 bits per heavy atom. The third-order valence-electron chi connectivity index (χ3n) is 2.21. The topological polar surface area (TPSA) is 63.3 Å². The quantitative estimate of drug-likeness (QED) is 0.848. The summed E-state index contributed by atoms with van der Waals surface area (Å²) in [5.41, 5.74) is -0.787. The highest BCUT2D eigenvalue weighted by Gasteiger charge is 2.27. The largest absolute Gasteiger partial charge is 0.475 e. The Morgan fingerprint density at radius 3 is 2.56 bits per heavy atom. The Labute approximate surface area is 91.3 Å². The Bertz CT molecular complexity index is 376. The first kappa shape index (κ1) is 12.6. The summed E-state index contributed by atoms with van der Waals surface area (Å²) >= 11 is 0. The van der Waals surface area contributed by atoms with Gasteiger partial charge in [-0.2, -0.15) is 0 Å². The predicted octanol–water partition coefficient (Wildman–Crippen LogP) is 3.21. The lowest BCUT2D eigenvalue weighted by molar-refractivity contribution is 0.0643. The van der Waals surface area contributed by atoms with E-state index in [-0.39, 0.29) is 11.8 Å². The van der Waals surface area contributed by atoms with Crippen LogP contribution in [0.2, 0.25) is 0 Å². The van der Waals surface area contributed by atoms with Crippen molar-refractivity contribution in [3.8, 4) is 0 Å². The summed E-state index contributed by atoms with van der Waals surface area (Å²) in [6, 6.07) is 0. The molecular weight excluding hydrogens is 220 g/mol. The van der Waals surface area contributed by atoms with E-state index in [1.165, 1.54) is 0 Å². The summed E-state index contributed by atoms with van der Waals surface area (Å²) in [7, 11) is 0. The second-order valence-corrected chi connectivity index (χ2v) is 3.56. The molecule has 0 aliphatic heterocycles. The van der Waals surface area contributed by atoms with Gasteiger partial charge in [-0.25, -0.2) is 18.6 Å². The van der Waals surface area contributed by atoms with Gasteiger partial charge in [-0.1, -0.05) is 20.3 Å². The number of hydrogen-bond acceptors (Lipinski definition) is 3. The molecule has 0 aromatic carbocycles. The van der Waals surface area contributed by atoms with Crippen molar-refractivity contribution in [1.82, 2.24) is 4.98 Å². The highest BCUT2D eigenvalue weighted by molar-refractivity contribution is 5.85. The van der Waals surface area contributed by atoms with Crippen LogP contribution in [-0.4, -0.2) is 16.1 Å². The maximum Gasteiger partial charge on any atom is 0.374 e. The number of carbonyl (C=O) groups is 1. The van der Waals surface area contributed by atoms with E-state index in [0.717, 1.165) is 6.42 Å². The molecule has 16 heavy (non-hydrogen) atoms. The van der Waals surface area contributed by atoms with Crippen LogP contribution in [0.1, 0.15) is 61.2 Å². The standard InChI is InChI=1S/C10H13F2NO3/c1-3-4-5(2)9-13-6(8(11)12)7(16-9)10(14)15/h5,8H,3-4H2,1-2H3,(H,14,15). The Kier molecular flexibility index (Phi) is 3.98. The van der Waals surface area contributed by atoms with Crippen LogP contribution < -0.4 is 0 Å². The molecule has 0 fully saturated rings. The Balaban J connectivity index is 3.06. The van der Waals surface area contributed by atoms with Crippen LogP contribution in [-0.2, 0) is 0 Å². The van der Waals surface area contributed by atoms with Crippen LogP contribution in [0.25, 0.3) is 0 Å². The second-order valence-electron chi connectivity index (χ2n) is 3.56. The summed E-state index contributed by atoms with van der Waals surface area (Å²) < 4.78 is 29.8. The molecule has 0 saturated heterocycles. The third-order valence-corrected chi connectivity index (χ3v) is 2.21. The molecule has 1 unspecified atom stereocenters. The summed E-state index contributed by atoms with van der Waals surface area (Å²) in [4.78, 5) is 14.2. The summed E-state index contributed by atoms with van der Waals surface area (Å²) in [6.07, 6.45) is -1.38. The van der Waals surface area contributed by atoms with Crippen molar-refractivity contribution < 1.29 is 23.1 Å². The van der Waals surface area contributed by atoms with Gasteiger partial charge in [-0.3, -0.25) is 0 Å². The molecule has 1 aromatic heterocycles. The first-order valence-electron chi connectivity index (χ1n) is 4.99. The van der Waals surface area contributed by atoms with Crippen molar-refractivity contribution in [2.24, 2.45) is 0 Å². The number of rotatable bonds is 5. The van der Waals surface area contributed by atoms with E-state index in [0.29, 0.717) is 6.42 Å². The minimum atomic E-state index is -2.93. The number of oxazole rings is 1. The van der Waals surface area contributed by atoms with Gasteiger partial charge >= 0.3 is 5.97 Å². The van der Waals surface area contributed by atoms with Crippen molar-refractivity contribution >= 4 is 5.97 Å². The number of nitrogens with zero attached hydrogens (tertiary/aromatic N) is 1. The van der Waals surface area contributed by atoms with Crippen molar-refractivity contribution in [2.75, 3.05) is 0 Å². The van der Waals surface area contributed by atoms with E-state index < -0.39 is 23.8 Å². The number of carboxylic acids is 1. The van der Waals surface area contributed by atoms with Gasteiger partial charge in [0.1, 0.15) is 0 Å². The number of halogens is 2. The highest BCUT2D eigenvalue weighted by atomic mass is 19.3. The number of alkyl halides is 2. The molecule has 4 nitrogen and oxygen atoms in total. The van der Waals surface area contributed by atoms with Crippen molar-refractivity contribution in [2.45, 2.75) is 39.0 Å². The predicted molar refractivity (Wildman–Crippen MR) is 51.7 cm³/mol. The number of hydrogen-bond donors (Lipinski definition) is 1. The maximum atomic E-state index is 12.5. The minimum absolute atomic E-state index is 0.0644. The zero-order valence-electron chi connectivity index (χ0n) is 9.04. The second kappa shape index (κ2) is 5.05. The molecule has 1 atom stereocenters. The Morgan fingerprint density at radius 1 is 1.56 bits per heavy atom. The first-order chi connectivity index (χ1) is 7.47. The molecule has 0 saturated carbocycles. The van der Waals surface area contributed by atoms with E-state index in [9.17, 15) is 13.6 Å². The zero-order chi connectivity index (χ0) is 12.3. The van der Waals surface area contributed by atoms with Gasteiger partial charge in [0.05, 0.1) is 0 Å². The van der Waals surface area contributed by atoms with Crippen molar-refractivity contribution in [3.63, 3.8) is 0 Å². The molecule has 6 heteroatoms. The molecule has 0 spiro atoms. The van der Waals surface area contributed by atoms with Gasteiger partial charge in [-0.05, 0) is 6.42 Å². The van der Waals surface area contributed by atoms with Gasteiger partial charge in [0.25, 0.3) is 6.43 Å². The van der Waals surface area contributed by atoms with E-state index in [2.05, 4.69) is 4.98 Å². The summed E-state index contributed by atoms with van der Waals surface area (Å²) in [5.74, 6) is -2.36. The average Bonchev–Trinajstić information content (AvgIpc) is 2.62. The molecule has 0 aliphatic carbocycles. The fraction of sp³-hybridized carbons (Fsp3) is 0.600. The van der Waals surface area contributed by atoms with Gasteiger partial charge in [0, 0.05) is 5.92 Å². The maximum absolute atomic E-state index is 12.5. The van der Waals surface area contributed by atoms with Crippen LogP contribution >= 0.6 is 0 Å². The molecule has 0 radical (unpaired) electrons. The number of aromatic nitrogens is 1. The normalized spacial score (nSPS) is 13.1. The van der Waals surface area contributed by atoms with E-state index in [4.69, 9.17) is 9.52 Å². The molecule has 0 bridgehead atoms. The molecule has 1 N–H and O–H groups in total. The van der Waals surface area contributed by atoms with Crippen LogP contribution in [0, 0.1) is 0 Å². The average molecular weight is 233 g/mol. The van der Waals surface area contributed by atoms with Gasteiger partial charge in [0.15, 0.2) is 11.6 Å². The minimum Gasteiger partial charge on any atom is -0.475 e. The van der Waals surface area contributed by atoms with Crippen molar-refractivity contribution in [3.05, 3.63) is 17.3 Å². The monoisotopic (exact) mass is 233 g/mol. The van der Waals surface area contributed by atoms with Gasteiger partial charge in [-0.15, -0.1) is 0 Å². The SMILES string of the molecule is CCCC(C)c1nc(C(F)F)c(C(=O)O)o1. The van der Waals surface area contributed by atoms with Gasteiger partial charge in [0.2, 0.25) is 5.76 Å². The summed E-state index contributed by atoms with van der Waals surface area (Å²) in [6.45, 7) is 3.70.